The Labute approximate surface area is 118 Å². The van der Waals surface area contributed by atoms with Crippen LogP contribution in [0.15, 0.2) is 23.1 Å². The molecule has 0 heterocycles. The molecule has 0 aliphatic rings. The molecule has 0 bridgehead atoms. The van der Waals surface area contributed by atoms with Gasteiger partial charge in [-0.15, -0.1) is 0 Å². The molecule has 0 amide bonds. The zero-order chi connectivity index (χ0) is 15.5. The minimum Gasteiger partial charge on any atom is -0.480 e. The minimum atomic E-state index is -4.07. The van der Waals surface area contributed by atoms with Crippen LogP contribution in [-0.2, 0) is 14.8 Å². The molecule has 1 atom stereocenters. The van der Waals surface area contributed by atoms with Crippen molar-refractivity contribution in [2.24, 2.45) is 5.92 Å². The van der Waals surface area contributed by atoms with Crippen molar-refractivity contribution < 1.29 is 18.3 Å². The third-order valence-corrected chi connectivity index (χ3v) is 4.33. The van der Waals surface area contributed by atoms with E-state index in [0.29, 0.717) is 5.56 Å². The molecule has 0 aliphatic heterocycles. The van der Waals surface area contributed by atoms with Gasteiger partial charge in [0, 0.05) is 0 Å². The van der Waals surface area contributed by atoms with E-state index in [4.69, 9.17) is 10.4 Å². The van der Waals surface area contributed by atoms with Crippen LogP contribution in [0.1, 0.15) is 25.0 Å². The van der Waals surface area contributed by atoms with Gasteiger partial charge in [0.1, 0.15) is 17.0 Å². The Balaban J connectivity index is 3.29. The molecule has 1 unspecified atom stereocenters. The van der Waals surface area contributed by atoms with Crippen LogP contribution in [0.4, 0.5) is 0 Å². The smallest absolute Gasteiger partial charge is 0.322 e. The minimum absolute atomic E-state index is 0.0212. The highest BCUT2D eigenvalue weighted by molar-refractivity contribution is 7.89. The Bertz CT molecular complexity index is 659. The van der Waals surface area contributed by atoms with Gasteiger partial charge in [0.05, 0.1) is 5.56 Å². The molecule has 20 heavy (non-hydrogen) atoms. The molecule has 0 saturated heterocycles. The number of nitrogens with zero attached hydrogens (tertiary/aromatic N) is 1. The van der Waals surface area contributed by atoms with Crippen molar-refractivity contribution >= 4 is 16.0 Å². The Morgan fingerprint density at radius 3 is 2.45 bits per heavy atom. The van der Waals surface area contributed by atoms with Gasteiger partial charge in [-0.2, -0.15) is 9.98 Å². The number of rotatable bonds is 5. The first-order chi connectivity index (χ1) is 9.20. The van der Waals surface area contributed by atoms with E-state index in [0.717, 1.165) is 0 Å². The van der Waals surface area contributed by atoms with Crippen LogP contribution in [-0.4, -0.2) is 25.5 Å². The lowest BCUT2D eigenvalue weighted by molar-refractivity contribution is -0.140. The van der Waals surface area contributed by atoms with Crippen molar-refractivity contribution in [3.8, 4) is 6.07 Å². The third-order valence-electron chi connectivity index (χ3n) is 2.85. The summed E-state index contributed by atoms with van der Waals surface area (Å²) >= 11 is 0. The first-order valence-corrected chi connectivity index (χ1v) is 7.44. The molecule has 2 N–H and O–H groups in total. The van der Waals surface area contributed by atoms with E-state index in [1.54, 1.807) is 26.8 Å². The first-order valence-electron chi connectivity index (χ1n) is 5.95. The molecule has 0 spiro atoms. The van der Waals surface area contributed by atoms with E-state index >= 15 is 0 Å². The SMILES string of the molecule is Cc1cccc(S(=O)(=O)NC(C(=O)O)C(C)C)c1C#N. The summed E-state index contributed by atoms with van der Waals surface area (Å²) < 4.78 is 26.6. The largest absolute Gasteiger partial charge is 0.480 e. The van der Waals surface area contributed by atoms with Crippen molar-refractivity contribution in [2.45, 2.75) is 31.7 Å². The van der Waals surface area contributed by atoms with Crippen molar-refractivity contribution in [1.82, 2.24) is 4.72 Å². The molecular formula is C13H16N2O4S. The lowest BCUT2D eigenvalue weighted by Crippen LogP contribution is -2.44. The Kier molecular flexibility index (Phi) is 4.87. The zero-order valence-corrected chi connectivity index (χ0v) is 12.2. The molecule has 0 radical (unpaired) electrons. The van der Waals surface area contributed by atoms with E-state index in [2.05, 4.69) is 4.72 Å². The number of nitrogens with one attached hydrogen (secondary N) is 1. The molecule has 0 aliphatic carbocycles. The second-order valence-electron chi connectivity index (χ2n) is 4.74. The second kappa shape index (κ2) is 6.03. The van der Waals surface area contributed by atoms with Gasteiger partial charge in [0.25, 0.3) is 0 Å². The average Bonchev–Trinajstić information content (AvgIpc) is 2.35. The predicted molar refractivity (Wildman–Crippen MR) is 72.5 cm³/mol. The number of hydrogen-bond acceptors (Lipinski definition) is 4. The summed E-state index contributed by atoms with van der Waals surface area (Å²) in [6, 6.07) is 5.01. The van der Waals surface area contributed by atoms with Gasteiger partial charge in [-0.05, 0) is 24.5 Å². The molecule has 0 aromatic heterocycles. The van der Waals surface area contributed by atoms with Crippen LogP contribution < -0.4 is 4.72 Å². The number of sulfonamides is 1. The number of aryl methyl sites for hydroxylation is 1. The quantitative estimate of drug-likeness (QED) is 0.850. The summed E-state index contributed by atoms with van der Waals surface area (Å²) in [7, 11) is -4.07. The van der Waals surface area contributed by atoms with Gasteiger partial charge >= 0.3 is 5.97 Å². The molecule has 108 valence electrons. The Hall–Kier alpha value is -1.91. The van der Waals surface area contributed by atoms with Gasteiger partial charge in [0.15, 0.2) is 0 Å². The number of carboxylic acid groups (broad SMARTS) is 1. The lowest BCUT2D eigenvalue weighted by Gasteiger charge is -2.18. The number of carboxylic acids is 1. The number of aliphatic carboxylic acids is 1. The van der Waals surface area contributed by atoms with Crippen molar-refractivity contribution in [2.75, 3.05) is 0 Å². The molecule has 1 rings (SSSR count). The fourth-order valence-electron chi connectivity index (χ4n) is 1.71. The molecule has 0 fully saturated rings. The predicted octanol–water partition coefficient (Wildman–Crippen LogP) is 1.25. The fraction of sp³-hybridized carbons (Fsp3) is 0.385. The summed E-state index contributed by atoms with van der Waals surface area (Å²) in [5.41, 5.74) is 0.541. The van der Waals surface area contributed by atoms with Crippen LogP contribution in [0.5, 0.6) is 0 Å². The van der Waals surface area contributed by atoms with E-state index in [9.17, 15) is 13.2 Å². The fourth-order valence-corrected chi connectivity index (χ4v) is 3.28. The van der Waals surface area contributed by atoms with Gasteiger partial charge in [-0.25, -0.2) is 8.42 Å². The van der Waals surface area contributed by atoms with E-state index in [1.807, 2.05) is 6.07 Å². The molecule has 0 saturated carbocycles. The van der Waals surface area contributed by atoms with Crippen LogP contribution >= 0.6 is 0 Å². The summed E-state index contributed by atoms with van der Waals surface area (Å²) in [5.74, 6) is -1.67. The highest BCUT2D eigenvalue weighted by Gasteiger charge is 2.29. The van der Waals surface area contributed by atoms with Crippen LogP contribution in [0.3, 0.4) is 0 Å². The highest BCUT2D eigenvalue weighted by Crippen LogP contribution is 2.19. The van der Waals surface area contributed by atoms with Gasteiger partial charge in [-0.3, -0.25) is 4.79 Å². The highest BCUT2D eigenvalue weighted by atomic mass is 32.2. The van der Waals surface area contributed by atoms with E-state index in [-0.39, 0.29) is 10.5 Å². The summed E-state index contributed by atoms with van der Waals surface area (Å²) in [6.45, 7) is 4.82. The standard InChI is InChI=1S/C13H16N2O4S/c1-8(2)12(13(16)17)15-20(18,19)11-6-4-5-9(3)10(11)7-14/h4-6,8,12,15H,1-3H3,(H,16,17). The molecule has 7 heteroatoms. The van der Waals surface area contributed by atoms with Crippen molar-refractivity contribution in [3.05, 3.63) is 29.3 Å². The number of hydrogen-bond donors (Lipinski definition) is 2. The molecule has 1 aromatic rings. The lowest BCUT2D eigenvalue weighted by atomic mass is 10.1. The van der Waals surface area contributed by atoms with Gasteiger partial charge < -0.3 is 5.11 Å². The maximum atomic E-state index is 12.3. The first kappa shape index (κ1) is 16.1. The second-order valence-corrected chi connectivity index (χ2v) is 6.42. The Morgan fingerprint density at radius 1 is 1.40 bits per heavy atom. The zero-order valence-electron chi connectivity index (χ0n) is 11.4. The summed E-state index contributed by atoms with van der Waals surface area (Å²) in [5, 5.41) is 18.1. The third kappa shape index (κ3) is 3.35. The molecule has 1 aromatic carbocycles. The van der Waals surface area contributed by atoms with E-state index < -0.39 is 28.0 Å². The number of benzene rings is 1. The maximum Gasteiger partial charge on any atom is 0.322 e. The van der Waals surface area contributed by atoms with E-state index in [1.165, 1.54) is 12.1 Å². The number of nitriles is 1. The van der Waals surface area contributed by atoms with Gasteiger partial charge in [-0.1, -0.05) is 26.0 Å². The number of carbonyl (C=O) groups is 1. The Morgan fingerprint density at radius 2 is 2.00 bits per heavy atom. The molecular weight excluding hydrogens is 280 g/mol. The monoisotopic (exact) mass is 296 g/mol. The van der Waals surface area contributed by atoms with Crippen molar-refractivity contribution in [3.63, 3.8) is 0 Å². The average molecular weight is 296 g/mol. The van der Waals surface area contributed by atoms with Crippen LogP contribution in [0, 0.1) is 24.2 Å². The topological polar surface area (TPSA) is 107 Å². The van der Waals surface area contributed by atoms with Crippen LogP contribution in [0.25, 0.3) is 0 Å². The molecule has 6 nitrogen and oxygen atoms in total. The maximum absolute atomic E-state index is 12.3. The van der Waals surface area contributed by atoms with Crippen LogP contribution in [0.2, 0.25) is 0 Å². The normalized spacial score (nSPS) is 12.9. The van der Waals surface area contributed by atoms with Gasteiger partial charge in [0.2, 0.25) is 10.0 Å². The summed E-state index contributed by atoms with van der Waals surface area (Å²) in [6.07, 6.45) is 0. The van der Waals surface area contributed by atoms with Crippen molar-refractivity contribution in [1.29, 1.82) is 5.26 Å². The summed E-state index contributed by atoms with van der Waals surface area (Å²) in [4.78, 5) is 10.9.